The van der Waals surface area contributed by atoms with Crippen LogP contribution in [0.2, 0.25) is 0 Å². The van der Waals surface area contributed by atoms with Crippen LogP contribution in [0, 0.1) is 13.8 Å². The average molecular weight is 496 g/mol. The molecule has 4 aromatic heterocycles. The Morgan fingerprint density at radius 2 is 1.86 bits per heavy atom. The Labute approximate surface area is 201 Å². The van der Waals surface area contributed by atoms with Gasteiger partial charge in [0.05, 0.1) is 35.1 Å². The van der Waals surface area contributed by atoms with Gasteiger partial charge < -0.3 is 4.42 Å². The molecule has 5 rings (SSSR count). The van der Waals surface area contributed by atoms with Crippen LogP contribution in [0.3, 0.4) is 0 Å². The van der Waals surface area contributed by atoms with Crippen molar-refractivity contribution in [3.05, 3.63) is 76.0 Å². The molecule has 0 aliphatic rings. The molecule has 182 valence electrons. The normalized spacial score (nSPS) is 12.4. The van der Waals surface area contributed by atoms with E-state index in [1.54, 1.807) is 41.3 Å². The highest BCUT2D eigenvalue weighted by atomic mass is 32.2. The second-order valence-corrected chi connectivity index (χ2v) is 10.3. The molecule has 0 saturated heterocycles. The monoisotopic (exact) mass is 495 g/mol. The molecule has 4 heterocycles. The molecule has 11 nitrogen and oxygen atoms in total. The van der Waals surface area contributed by atoms with E-state index < -0.39 is 10.0 Å². The summed E-state index contributed by atoms with van der Waals surface area (Å²) in [6, 6.07) is 10.7. The summed E-state index contributed by atoms with van der Waals surface area (Å²) in [6.45, 7) is 5.99. The maximum atomic E-state index is 13.4. The Balaban J connectivity index is 1.59. The highest BCUT2D eigenvalue weighted by Crippen LogP contribution is 2.25. The number of fused-ring (bicyclic) bond motifs is 3. The molecule has 0 aliphatic carbocycles. The maximum absolute atomic E-state index is 13.4. The van der Waals surface area contributed by atoms with Crippen LogP contribution in [0.5, 0.6) is 0 Å². The number of furan rings is 1. The van der Waals surface area contributed by atoms with Gasteiger partial charge >= 0.3 is 0 Å². The molecule has 0 spiro atoms. The Bertz CT molecular complexity index is 1710. The van der Waals surface area contributed by atoms with Gasteiger partial charge in [0.1, 0.15) is 17.2 Å². The second-order valence-electron chi connectivity index (χ2n) is 8.32. The van der Waals surface area contributed by atoms with E-state index in [0.29, 0.717) is 46.2 Å². The molecule has 0 unspecified atom stereocenters. The number of hydrogen-bond acceptors (Lipinski definition) is 7. The molecule has 12 heteroatoms. The van der Waals surface area contributed by atoms with Crippen LogP contribution in [0.15, 0.2) is 56.8 Å². The maximum Gasteiger partial charge on any atom is 0.262 e. The lowest BCUT2D eigenvalue weighted by Crippen LogP contribution is -2.27. The van der Waals surface area contributed by atoms with Crippen molar-refractivity contribution in [1.29, 1.82) is 0 Å². The number of rotatable bonds is 7. The Morgan fingerprint density at radius 3 is 2.57 bits per heavy atom. The third kappa shape index (κ3) is 3.65. The average Bonchev–Trinajstić information content (AvgIpc) is 3.55. The van der Waals surface area contributed by atoms with Gasteiger partial charge in [0.15, 0.2) is 5.82 Å². The van der Waals surface area contributed by atoms with E-state index >= 15 is 0 Å². The van der Waals surface area contributed by atoms with Crippen LogP contribution < -0.4 is 5.56 Å². The van der Waals surface area contributed by atoms with Gasteiger partial charge in [-0.05, 0) is 45.0 Å². The van der Waals surface area contributed by atoms with Crippen molar-refractivity contribution in [2.75, 3.05) is 7.05 Å². The molecule has 35 heavy (non-hydrogen) atoms. The SMILES string of the molecule is CCn1c(=O)c2ccccc2n2c(Cn3nc(C)c(S(=O)(=O)N(C)Cc4ccco4)c3C)nnc12. The van der Waals surface area contributed by atoms with Gasteiger partial charge in [0.25, 0.3) is 5.56 Å². The first-order valence-electron chi connectivity index (χ1n) is 11.1. The van der Waals surface area contributed by atoms with Gasteiger partial charge in [-0.25, -0.2) is 8.42 Å². The van der Waals surface area contributed by atoms with Crippen LogP contribution in [-0.4, -0.2) is 48.7 Å². The summed E-state index contributed by atoms with van der Waals surface area (Å²) in [7, 11) is -2.32. The Kier molecular flexibility index (Phi) is 5.56. The summed E-state index contributed by atoms with van der Waals surface area (Å²) in [5.74, 6) is 1.51. The Morgan fingerprint density at radius 1 is 1.09 bits per heavy atom. The highest BCUT2D eigenvalue weighted by molar-refractivity contribution is 7.89. The summed E-state index contributed by atoms with van der Waals surface area (Å²) in [5, 5.41) is 13.7. The highest BCUT2D eigenvalue weighted by Gasteiger charge is 2.30. The van der Waals surface area contributed by atoms with Crippen LogP contribution in [0.1, 0.15) is 29.9 Å². The summed E-state index contributed by atoms with van der Waals surface area (Å²) in [6.07, 6.45) is 1.51. The van der Waals surface area contributed by atoms with Crippen molar-refractivity contribution in [2.24, 2.45) is 0 Å². The van der Waals surface area contributed by atoms with E-state index in [1.807, 2.05) is 29.5 Å². The number of para-hydroxylation sites is 1. The van der Waals surface area contributed by atoms with Gasteiger partial charge in [-0.2, -0.15) is 9.40 Å². The van der Waals surface area contributed by atoms with Crippen molar-refractivity contribution in [1.82, 2.24) is 33.3 Å². The topological polar surface area (TPSA) is 121 Å². The molecule has 0 radical (unpaired) electrons. The molecule has 0 amide bonds. The van der Waals surface area contributed by atoms with Crippen molar-refractivity contribution in [2.45, 2.75) is 45.3 Å². The summed E-state index contributed by atoms with van der Waals surface area (Å²) in [5.41, 5.74) is 1.43. The second kappa shape index (κ2) is 8.47. The Hall–Kier alpha value is -3.77. The van der Waals surface area contributed by atoms with Crippen LogP contribution in [0.4, 0.5) is 0 Å². The number of nitrogens with zero attached hydrogens (tertiary/aromatic N) is 7. The van der Waals surface area contributed by atoms with Gasteiger partial charge in [-0.1, -0.05) is 12.1 Å². The molecule has 0 bridgehead atoms. The van der Waals surface area contributed by atoms with E-state index in [4.69, 9.17) is 4.42 Å². The smallest absolute Gasteiger partial charge is 0.262 e. The summed E-state index contributed by atoms with van der Waals surface area (Å²) in [4.78, 5) is 13.1. The van der Waals surface area contributed by atoms with Crippen molar-refractivity contribution >= 4 is 26.7 Å². The van der Waals surface area contributed by atoms with Gasteiger partial charge in [-0.15, -0.1) is 10.2 Å². The lowest BCUT2D eigenvalue weighted by molar-refractivity contribution is 0.406. The predicted molar refractivity (Wildman–Crippen MR) is 129 cm³/mol. The van der Waals surface area contributed by atoms with E-state index in [1.165, 1.54) is 17.6 Å². The van der Waals surface area contributed by atoms with Gasteiger partial charge in [0.2, 0.25) is 15.8 Å². The molecule has 0 aliphatic heterocycles. The molecular weight excluding hydrogens is 470 g/mol. The minimum absolute atomic E-state index is 0.106. The first-order valence-corrected chi connectivity index (χ1v) is 12.6. The minimum Gasteiger partial charge on any atom is -0.468 e. The van der Waals surface area contributed by atoms with Gasteiger partial charge in [-0.3, -0.25) is 18.4 Å². The number of sulfonamides is 1. The predicted octanol–water partition coefficient (Wildman–Crippen LogP) is 2.34. The number of aryl methyl sites for hydroxylation is 2. The van der Waals surface area contributed by atoms with Crippen molar-refractivity contribution < 1.29 is 12.8 Å². The molecule has 0 N–H and O–H groups in total. The van der Waals surface area contributed by atoms with Crippen LogP contribution >= 0.6 is 0 Å². The van der Waals surface area contributed by atoms with Crippen LogP contribution in [-0.2, 0) is 29.7 Å². The number of aromatic nitrogens is 6. The van der Waals surface area contributed by atoms with Crippen molar-refractivity contribution in [3.8, 4) is 0 Å². The van der Waals surface area contributed by atoms with Crippen LogP contribution in [0.25, 0.3) is 16.7 Å². The lowest BCUT2D eigenvalue weighted by atomic mass is 10.2. The fraction of sp³-hybridized carbons (Fsp3) is 0.304. The minimum atomic E-state index is -3.83. The summed E-state index contributed by atoms with van der Waals surface area (Å²) < 4.78 is 38.3. The third-order valence-electron chi connectivity index (χ3n) is 6.12. The molecule has 0 saturated carbocycles. The standard InChI is InChI=1S/C23H25N7O4S/c1-5-28-22(31)18-10-6-7-11-19(18)30-20(24-25-23(28)30)14-29-16(3)21(15(2)26-29)35(32,33)27(4)13-17-9-8-12-34-17/h6-12H,5,13-14H2,1-4H3. The molecule has 0 fully saturated rings. The molecular formula is C23H25N7O4S. The fourth-order valence-corrected chi connectivity index (χ4v) is 5.91. The van der Waals surface area contributed by atoms with Crippen molar-refractivity contribution in [3.63, 3.8) is 0 Å². The third-order valence-corrected chi connectivity index (χ3v) is 8.18. The van der Waals surface area contributed by atoms with E-state index in [2.05, 4.69) is 15.3 Å². The molecule has 5 aromatic rings. The van der Waals surface area contributed by atoms with E-state index in [0.717, 1.165) is 0 Å². The first-order chi connectivity index (χ1) is 16.7. The summed E-state index contributed by atoms with van der Waals surface area (Å²) >= 11 is 0. The molecule has 0 atom stereocenters. The largest absolute Gasteiger partial charge is 0.468 e. The number of benzene rings is 1. The lowest BCUT2D eigenvalue weighted by Gasteiger charge is -2.16. The number of hydrogen-bond donors (Lipinski definition) is 0. The quantitative estimate of drug-likeness (QED) is 0.340. The zero-order chi connectivity index (χ0) is 24.9. The van der Waals surface area contributed by atoms with Gasteiger partial charge in [0, 0.05) is 13.6 Å². The zero-order valence-electron chi connectivity index (χ0n) is 19.8. The first kappa shape index (κ1) is 23.0. The fourth-order valence-electron chi connectivity index (χ4n) is 4.41. The van der Waals surface area contributed by atoms with E-state index in [-0.39, 0.29) is 23.5 Å². The van der Waals surface area contributed by atoms with E-state index in [9.17, 15) is 13.2 Å². The molecule has 1 aromatic carbocycles. The zero-order valence-corrected chi connectivity index (χ0v) is 20.7.